The fourth-order valence-corrected chi connectivity index (χ4v) is 3.46. The Bertz CT molecular complexity index is 945. The quantitative estimate of drug-likeness (QED) is 0.742. The summed E-state index contributed by atoms with van der Waals surface area (Å²) in [5.41, 5.74) is -1.65. The van der Waals surface area contributed by atoms with Crippen LogP contribution < -0.4 is 15.2 Å². The highest BCUT2D eigenvalue weighted by Gasteiger charge is 2.35. The number of anilines is 1. The second kappa shape index (κ2) is 7.25. The van der Waals surface area contributed by atoms with Gasteiger partial charge in [-0.25, -0.2) is 13.6 Å². The summed E-state index contributed by atoms with van der Waals surface area (Å²) in [6.45, 7) is 0. The number of hydrogen-bond acceptors (Lipinski definition) is 4. The van der Waals surface area contributed by atoms with E-state index in [2.05, 4.69) is 21.2 Å². The van der Waals surface area contributed by atoms with Crippen molar-refractivity contribution in [3.63, 3.8) is 0 Å². The van der Waals surface area contributed by atoms with Crippen LogP contribution in [-0.2, 0) is 16.2 Å². The van der Waals surface area contributed by atoms with E-state index >= 15 is 0 Å². The van der Waals surface area contributed by atoms with Crippen LogP contribution >= 0.6 is 15.9 Å². The van der Waals surface area contributed by atoms with E-state index in [9.17, 15) is 26.4 Å². The Labute approximate surface area is 155 Å². The van der Waals surface area contributed by atoms with Crippen molar-refractivity contribution in [3.05, 3.63) is 52.0 Å². The van der Waals surface area contributed by atoms with Crippen LogP contribution in [0.25, 0.3) is 0 Å². The molecule has 2 rings (SSSR count). The minimum atomic E-state index is -4.77. The van der Waals surface area contributed by atoms with Crippen LogP contribution in [-0.4, -0.2) is 21.4 Å². The maximum atomic E-state index is 13.1. The lowest BCUT2D eigenvalue weighted by atomic mass is 10.1. The summed E-state index contributed by atoms with van der Waals surface area (Å²) in [4.78, 5) is 11.6. The molecule has 0 aliphatic carbocycles. The lowest BCUT2D eigenvalue weighted by molar-refractivity contribution is -0.138. The molecule has 1 amide bonds. The first-order valence-corrected chi connectivity index (χ1v) is 9.16. The summed E-state index contributed by atoms with van der Waals surface area (Å²) in [5.74, 6) is -0.345. The fraction of sp³-hybridized carbons (Fsp3) is 0.133. The Hall–Kier alpha value is -2.11. The zero-order chi connectivity index (χ0) is 19.7. The van der Waals surface area contributed by atoms with Crippen LogP contribution in [0.4, 0.5) is 18.9 Å². The van der Waals surface area contributed by atoms with Gasteiger partial charge in [0.25, 0.3) is 5.91 Å². The van der Waals surface area contributed by atoms with Crippen molar-refractivity contribution in [2.24, 2.45) is 5.14 Å². The third-order valence-electron chi connectivity index (χ3n) is 3.28. The Morgan fingerprint density at radius 2 is 1.77 bits per heavy atom. The van der Waals surface area contributed by atoms with Gasteiger partial charge < -0.3 is 10.1 Å². The number of nitrogens with one attached hydrogen (secondary N) is 1. The van der Waals surface area contributed by atoms with Crippen molar-refractivity contribution < 1.29 is 31.1 Å². The maximum Gasteiger partial charge on any atom is 0.417 e. The number of methoxy groups -OCH3 is 1. The number of carbonyl (C=O) groups is 1. The Balaban J connectivity index is 2.50. The number of nitrogens with two attached hydrogens (primary N) is 1. The molecule has 140 valence electrons. The second-order valence-electron chi connectivity index (χ2n) is 5.05. The van der Waals surface area contributed by atoms with E-state index in [4.69, 9.17) is 9.88 Å². The van der Waals surface area contributed by atoms with Crippen LogP contribution in [0.1, 0.15) is 15.9 Å². The van der Waals surface area contributed by atoms with Crippen LogP contribution in [0.15, 0.2) is 45.8 Å². The minimum absolute atomic E-state index is 0.0858. The number of amides is 1. The largest absolute Gasteiger partial charge is 0.497 e. The molecule has 0 aliphatic heterocycles. The number of sulfonamides is 1. The van der Waals surface area contributed by atoms with Gasteiger partial charge in [0, 0.05) is 10.0 Å². The summed E-state index contributed by atoms with van der Waals surface area (Å²) in [6, 6.07) is 6.88. The number of carbonyl (C=O) groups excluding carboxylic acids is 1. The van der Waals surface area contributed by atoms with Gasteiger partial charge in [-0.15, -0.1) is 0 Å². The van der Waals surface area contributed by atoms with Crippen molar-refractivity contribution in [2.75, 3.05) is 12.4 Å². The molecule has 0 unspecified atom stereocenters. The zero-order valence-electron chi connectivity index (χ0n) is 13.1. The lowest BCUT2D eigenvalue weighted by Gasteiger charge is -2.15. The molecule has 0 saturated heterocycles. The average molecular weight is 453 g/mol. The van der Waals surface area contributed by atoms with Crippen molar-refractivity contribution in [2.45, 2.75) is 11.1 Å². The Kier molecular flexibility index (Phi) is 5.64. The van der Waals surface area contributed by atoms with Gasteiger partial charge in [-0.1, -0.05) is 15.9 Å². The van der Waals surface area contributed by atoms with Gasteiger partial charge in [-0.2, -0.15) is 13.2 Å². The summed E-state index contributed by atoms with van der Waals surface area (Å²) in [6.07, 6.45) is -4.77. The zero-order valence-corrected chi connectivity index (χ0v) is 15.5. The summed E-state index contributed by atoms with van der Waals surface area (Å²) in [5, 5.41) is 7.19. The highest BCUT2D eigenvalue weighted by Crippen LogP contribution is 2.39. The highest BCUT2D eigenvalue weighted by molar-refractivity contribution is 9.10. The van der Waals surface area contributed by atoms with Gasteiger partial charge in [-0.3, -0.25) is 4.79 Å². The summed E-state index contributed by atoms with van der Waals surface area (Å²) < 4.78 is 67.0. The van der Waals surface area contributed by atoms with E-state index in [0.29, 0.717) is 17.9 Å². The van der Waals surface area contributed by atoms with E-state index in [1.807, 2.05) is 0 Å². The molecule has 0 spiro atoms. The standard InChI is InChI=1S/C15H12BrF3N2O4S/c1-25-9-4-2-8(3-5-9)14(22)21-12-6-10(15(17,18)19)11(16)7-13(12)26(20,23)24/h2-7H,1H3,(H,21,22)(H2,20,23,24). The molecule has 0 aromatic heterocycles. The molecular weight excluding hydrogens is 441 g/mol. The molecule has 2 aromatic rings. The molecule has 0 heterocycles. The van der Waals surface area contributed by atoms with Crippen molar-refractivity contribution >= 4 is 37.5 Å². The fourth-order valence-electron chi connectivity index (χ4n) is 2.04. The molecule has 3 N–H and O–H groups in total. The number of alkyl halides is 3. The highest BCUT2D eigenvalue weighted by atomic mass is 79.9. The third kappa shape index (κ3) is 4.54. The number of primary sulfonamides is 1. The normalized spacial score (nSPS) is 11.9. The molecule has 11 heteroatoms. The van der Waals surface area contributed by atoms with Crippen LogP contribution in [0.3, 0.4) is 0 Å². The first-order valence-electron chi connectivity index (χ1n) is 6.82. The van der Waals surface area contributed by atoms with Crippen molar-refractivity contribution in [1.29, 1.82) is 0 Å². The van der Waals surface area contributed by atoms with Gasteiger partial charge in [0.05, 0.1) is 18.4 Å². The van der Waals surface area contributed by atoms with Crippen LogP contribution in [0.2, 0.25) is 0 Å². The van der Waals surface area contributed by atoms with Crippen LogP contribution in [0, 0.1) is 0 Å². The molecule has 0 radical (unpaired) electrons. The van der Waals surface area contributed by atoms with Gasteiger partial charge >= 0.3 is 6.18 Å². The molecule has 0 bridgehead atoms. The molecule has 0 saturated carbocycles. The lowest BCUT2D eigenvalue weighted by Crippen LogP contribution is -2.20. The van der Waals surface area contributed by atoms with Crippen molar-refractivity contribution in [1.82, 2.24) is 0 Å². The first kappa shape index (κ1) is 20.2. The van der Waals surface area contributed by atoms with E-state index in [1.54, 1.807) is 0 Å². The topological polar surface area (TPSA) is 98.5 Å². The number of benzene rings is 2. The number of halogens is 4. The average Bonchev–Trinajstić information content (AvgIpc) is 2.54. The summed E-state index contributed by atoms with van der Waals surface area (Å²) >= 11 is 2.67. The maximum absolute atomic E-state index is 13.1. The van der Waals surface area contributed by atoms with Gasteiger partial charge in [-0.05, 0) is 36.4 Å². The Morgan fingerprint density at radius 1 is 1.19 bits per heavy atom. The molecule has 0 aliphatic rings. The SMILES string of the molecule is COc1ccc(C(=O)Nc2cc(C(F)(F)F)c(Br)cc2S(N)(=O)=O)cc1. The molecule has 0 atom stereocenters. The monoisotopic (exact) mass is 452 g/mol. The molecule has 26 heavy (non-hydrogen) atoms. The second-order valence-corrected chi connectivity index (χ2v) is 7.44. The molecule has 2 aromatic carbocycles. The van der Waals surface area contributed by atoms with Crippen LogP contribution in [0.5, 0.6) is 5.75 Å². The smallest absolute Gasteiger partial charge is 0.417 e. The molecule has 6 nitrogen and oxygen atoms in total. The molecule has 0 fully saturated rings. The third-order valence-corrected chi connectivity index (χ3v) is 4.89. The predicted octanol–water partition coefficient (Wildman–Crippen LogP) is 3.38. The van der Waals surface area contributed by atoms with E-state index in [-0.39, 0.29) is 5.56 Å². The van der Waals surface area contributed by atoms with Gasteiger partial charge in [0.15, 0.2) is 0 Å². The van der Waals surface area contributed by atoms with E-state index < -0.39 is 42.7 Å². The van der Waals surface area contributed by atoms with E-state index in [1.165, 1.54) is 31.4 Å². The summed E-state index contributed by atoms with van der Waals surface area (Å²) in [7, 11) is -2.96. The Morgan fingerprint density at radius 3 is 2.23 bits per heavy atom. The number of hydrogen-bond donors (Lipinski definition) is 2. The van der Waals surface area contributed by atoms with E-state index in [0.717, 1.165) is 0 Å². The molecular formula is C15H12BrF3N2O4S. The van der Waals surface area contributed by atoms with Crippen molar-refractivity contribution in [3.8, 4) is 5.75 Å². The number of rotatable bonds is 4. The number of ether oxygens (including phenoxy) is 1. The predicted molar refractivity (Wildman–Crippen MR) is 91.5 cm³/mol. The first-order chi connectivity index (χ1) is 11.9. The van der Waals surface area contributed by atoms with Gasteiger partial charge in [0.2, 0.25) is 10.0 Å². The minimum Gasteiger partial charge on any atom is -0.497 e. The van der Waals surface area contributed by atoms with Gasteiger partial charge in [0.1, 0.15) is 10.6 Å².